The highest BCUT2D eigenvalue weighted by atomic mass is 35.5. The number of carbonyl (C=O) groups excluding carboxylic acids is 2. The Hall–Kier alpha value is -1.99. The van der Waals surface area contributed by atoms with E-state index in [9.17, 15) is 9.59 Å². The fourth-order valence-corrected chi connectivity index (χ4v) is 2.65. The van der Waals surface area contributed by atoms with E-state index in [1.165, 1.54) is 7.11 Å². The Morgan fingerprint density at radius 3 is 2.58 bits per heavy atom. The number of methoxy groups -OCH3 is 1. The van der Waals surface area contributed by atoms with Crippen LogP contribution in [0.15, 0.2) is 18.2 Å². The average Bonchev–Trinajstić information content (AvgIpc) is 2.56. The van der Waals surface area contributed by atoms with Crippen LogP contribution < -0.4 is 10.1 Å². The van der Waals surface area contributed by atoms with Gasteiger partial charge in [-0.15, -0.1) is 0 Å². The summed E-state index contributed by atoms with van der Waals surface area (Å²) in [4.78, 5) is 27.5. The molecular weight excluding hydrogens is 334 g/mol. The Balaban J connectivity index is 1.84. The maximum atomic E-state index is 12.2. The lowest BCUT2D eigenvalue weighted by Crippen LogP contribution is -2.50. The van der Waals surface area contributed by atoms with Crippen molar-refractivity contribution < 1.29 is 19.1 Å². The smallest absolute Gasteiger partial charge is 0.409 e. The number of halogens is 1. The zero-order valence-corrected chi connectivity index (χ0v) is 14.6. The molecule has 24 heavy (non-hydrogen) atoms. The minimum absolute atomic E-state index is 0.153. The molecule has 132 valence electrons. The Kier molecular flexibility index (Phi) is 6.69. The summed E-state index contributed by atoms with van der Waals surface area (Å²) in [5.41, 5.74) is 0.542. The molecule has 2 rings (SSSR count). The highest BCUT2D eigenvalue weighted by Gasteiger charge is 2.23. The van der Waals surface area contributed by atoms with E-state index in [0.717, 1.165) is 0 Å². The van der Waals surface area contributed by atoms with Gasteiger partial charge < -0.3 is 19.7 Å². The molecular formula is C16H22ClN3O4. The first kappa shape index (κ1) is 18.4. The van der Waals surface area contributed by atoms with E-state index >= 15 is 0 Å². The Bertz CT molecular complexity index is 589. The number of hydrogen-bond donors (Lipinski definition) is 1. The first-order valence-electron chi connectivity index (χ1n) is 7.81. The predicted octanol–water partition coefficient (Wildman–Crippen LogP) is 2.06. The summed E-state index contributed by atoms with van der Waals surface area (Å²) in [6.07, 6.45) is -0.301. The third-order valence-corrected chi connectivity index (χ3v) is 3.94. The van der Waals surface area contributed by atoms with Crippen LogP contribution in [0.25, 0.3) is 0 Å². The molecule has 1 aliphatic heterocycles. The lowest BCUT2D eigenvalue weighted by Gasteiger charge is -2.33. The Labute approximate surface area is 146 Å². The number of anilines is 1. The topological polar surface area (TPSA) is 71.1 Å². The summed E-state index contributed by atoms with van der Waals surface area (Å²) in [6, 6.07) is 5.05. The van der Waals surface area contributed by atoms with Gasteiger partial charge in [-0.05, 0) is 25.1 Å². The van der Waals surface area contributed by atoms with Crippen molar-refractivity contribution in [2.24, 2.45) is 0 Å². The van der Waals surface area contributed by atoms with E-state index in [4.69, 9.17) is 21.1 Å². The number of piperazine rings is 1. The molecule has 1 heterocycles. The van der Waals surface area contributed by atoms with Crippen LogP contribution in [-0.2, 0) is 9.53 Å². The van der Waals surface area contributed by atoms with Gasteiger partial charge in [0.15, 0.2) is 0 Å². The number of nitrogens with one attached hydrogen (secondary N) is 1. The molecule has 7 nitrogen and oxygen atoms in total. The number of benzene rings is 1. The highest BCUT2D eigenvalue weighted by molar-refractivity contribution is 6.31. The van der Waals surface area contributed by atoms with Gasteiger partial charge in [-0.2, -0.15) is 0 Å². The van der Waals surface area contributed by atoms with E-state index < -0.39 is 0 Å². The van der Waals surface area contributed by atoms with Gasteiger partial charge in [0, 0.05) is 31.2 Å². The summed E-state index contributed by atoms with van der Waals surface area (Å²) in [7, 11) is 1.54. The fraction of sp³-hybridized carbons (Fsp3) is 0.500. The molecule has 2 amide bonds. The van der Waals surface area contributed by atoms with E-state index in [2.05, 4.69) is 5.32 Å². The number of hydrogen-bond acceptors (Lipinski definition) is 5. The molecule has 1 aliphatic rings. The quantitative estimate of drug-likeness (QED) is 0.875. The summed E-state index contributed by atoms with van der Waals surface area (Å²) >= 11 is 5.95. The monoisotopic (exact) mass is 355 g/mol. The number of rotatable bonds is 5. The fourth-order valence-electron chi connectivity index (χ4n) is 2.47. The first-order valence-corrected chi connectivity index (χ1v) is 8.18. The van der Waals surface area contributed by atoms with Crippen molar-refractivity contribution in [1.29, 1.82) is 0 Å². The van der Waals surface area contributed by atoms with Crippen LogP contribution in [0.4, 0.5) is 10.5 Å². The van der Waals surface area contributed by atoms with Crippen LogP contribution >= 0.6 is 11.6 Å². The number of carbonyl (C=O) groups is 2. The zero-order chi connectivity index (χ0) is 17.5. The molecule has 1 fully saturated rings. The van der Waals surface area contributed by atoms with Crippen LogP contribution in [0.3, 0.4) is 0 Å². The molecule has 0 spiro atoms. The molecule has 0 aliphatic carbocycles. The Morgan fingerprint density at radius 2 is 1.96 bits per heavy atom. The summed E-state index contributed by atoms with van der Waals surface area (Å²) in [5.74, 6) is 0.403. The summed E-state index contributed by atoms with van der Waals surface area (Å²) in [5, 5.41) is 3.33. The van der Waals surface area contributed by atoms with Gasteiger partial charge in [0.05, 0.1) is 25.9 Å². The van der Waals surface area contributed by atoms with Crippen molar-refractivity contribution >= 4 is 29.3 Å². The van der Waals surface area contributed by atoms with Crippen LogP contribution in [0.1, 0.15) is 6.92 Å². The zero-order valence-electron chi connectivity index (χ0n) is 13.9. The normalized spacial score (nSPS) is 15.0. The van der Waals surface area contributed by atoms with Crippen LogP contribution in [-0.4, -0.2) is 68.2 Å². The van der Waals surface area contributed by atoms with Crippen molar-refractivity contribution in [2.75, 3.05) is 51.8 Å². The minimum atomic E-state index is -0.301. The molecule has 0 radical (unpaired) electrons. The predicted molar refractivity (Wildman–Crippen MR) is 91.7 cm³/mol. The molecule has 0 unspecified atom stereocenters. The number of nitrogens with zero attached hydrogens (tertiary/aromatic N) is 2. The minimum Gasteiger partial charge on any atom is -0.495 e. The summed E-state index contributed by atoms with van der Waals surface area (Å²) < 4.78 is 10.2. The van der Waals surface area contributed by atoms with Crippen LogP contribution in [0, 0.1) is 0 Å². The second-order valence-electron chi connectivity index (χ2n) is 5.35. The number of ether oxygens (including phenoxy) is 2. The second-order valence-corrected chi connectivity index (χ2v) is 5.79. The lowest BCUT2D eigenvalue weighted by atomic mass is 10.2. The lowest BCUT2D eigenvalue weighted by molar-refractivity contribution is -0.117. The highest BCUT2D eigenvalue weighted by Crippen LogP contribution is 2.27. The third kappa shape index (κ3) is 5.01. The molecule has 1 N–H and O–H groups in total. The van der Waals surface area contributed by atoms with E-state index in [0.29, 0.717) is 49.2 Å². The standard InChI is InChI=1S/C16H22ClN3O4/c1-3-24-16(22)20-8-6-19(7-9-20)11-15(21)18-13-10-12(17)4-5-14(13)23-2/h4-5,10H,3,6-9,11H2,1-2H3,(H,18,21). The Morgan fingerprint density at radius 1 is 1.25 bits per heavy atom. The van der Waals surface area contributed by atoms with Crippen LogP contribution in [0.5, 0.6) is 5.75 Å². The van der Waals surface area contributed by atoms with Crippen molar-refractivity contribution in [3.63, 3.8) is 0 Å². The second kappa shape index (κ2) is 8.75. The largest absolute Gasteiger partial charge is 0.495 e. The van der Waals surface area contributed by atoms with Crippen molar-refractivity contribution in [1.82, 2.24) is 9.80 Å². The van der Waals surface area contributed by atoms with Crippen molar-refractivity contribution in [3.05, 3.63) is 23.2 Å². The first-order chi connectivity index (χ1) is 11.5. The van der Waals surface area contributed by atoms with Gasteiger partial charge in [-0.1, -0.05) is 11.6 Å². The van der Waals surface area contributed by atoms with E-state index in [-0.39, 0.29) is 18.5 Å². The van der Waals surface area contributed by atoms with Crippen LogP contribution in [0.2, 0.25) is 5.02 Å². The molecule has 1 aromatic rings. The molecule has 0 bridgehead atoms. The average molecular weight is 356 g/mol. The molecule has 0 aromatic heterocycles. The SMILES string of the molecule is CCOC(=O)N1CCN(CC(=O)Nc2cc(Cl)ccc2OC)CC1. The van der Waals surface area contributed by atoms with Crippen molar-refractivity contribution in [2.45, 2.75) is 6.92 Å². The van der Waals surface area contributed by atoms with Gasteiger partial charge in [-0.3, -0.25) is 9.69 Å². The molecule has 0 saturated carbocycles. The van der Waals surface area contributed by atoms with Crippen molar-refractivity contribution in [3.8, 4) is 5.75 Å². The molecule has 0 atom stereocenters. The van der Waals surface area contributed by atoms with Gasteiger partial charge in [0.2, 0.25) is 5.91 Å². The maximum Gasteiger partial charge on any atom is 0.409 e. The van der Waals surface area contributed by atoms with Gasteiger partial charge in [-0.25, -0.2) is 4.79 Å². The molecule has 1 saturated heterocycles. The molecule has 1 aromatic carbocycles. The van der Waals surface area contributed by atoms with E-state index in [1.54, 1.807) is 30.0 Å². The van der Waals surface area contributed by atoms with Gasteiger partial charge >= 0.3 is 6.09 Å². The molecule has 8 heteroatoms. The third-order valence-electron chi connectivity index (χ3n) is 3.70. The van der Waals surface area contributed by atoms with Gasteiger partial charge in [0.1, 0.15) is 5.75 Å². The van der Waals surface area contributed by atoms with E-state index in [1.807, 2.05) is 4.90 Å². The van der Waals surface area contributed by atoms with Gasteiger partial charge in [0.25, 0.3) is 0 Å². The maximum absolute atomic E-state index is 12.2. The summed E-state index contributed by atoms with van der Waals surface area (Å²) in [6.45, 7) is 4.73. The number of amides is 2.